The minimum absolute atomic E-state index is 0.0474. The van der Waals surface area contributed by atoms with E-state index in [-0.39, 0.29) is 11.6 Å². The molecular weight excluding hydrogens is 210 g/mol. The summed E-state index contributed by atoms with van der Waals surface area (Å²) in [5.41, 5.74) is 0.969. The molecule has 0 spiro atoms. The number of nitrogens with zero attached hydrogens (tertiary/aromatic N) is 1. The van der Waals surface area contributed by atoms with E-state index in [1.165, 1.54) is 10.6 Å². The zero-order chi connectivity index (χ0) is 13.1. The molecule has 0 radical (unpaired) electrons. The van der Waals surface area contributed by atoms with Crippen molar-refractivity contribution in [3.8, 4) is 0 Å². The van der Waals surface area contributed by atoms with Gasteiger partial charge in [-0.1, -0.05) is 51.1 Å². The molecule has 0 aromatic heterocycles. The van der Waals surface area contributed by atoms with Gasteiger partial charge in [-0.3, -0.25) is 0 Å². The molecule has 1 N–H and O–H groups in total. The lowest BCUT2D eigenvalue weighted by molar-refractivity contribution is -0.205. The van der Waals surface area contributed by atoms with Gasteiger partial charge >= 0.3 is 0 Å². The van der Waals surface area contributed by atoms with E-state index in [0.717, 1.165) is 6.42 Å². The molecule has 1 rings (SSSR count). The monoisotopic (exact) mass is 235 g/mol. The van der Waals surface area contributed by atoms with Crippen LogP contribution in [0.15, 0.2) is 30.3 Å². The minimum atomic E-state index is -0.204. The Bertz CT molecular complexity index is 332. The molecule has 1 unspecified atom stereocenters. The van der Waals surface area contributed by atoms with Gasteiger partial charge in [0.05, 0.1) is 6.04 Å². The first-order valence-electron chi connectivity index (χ1n) is 6.43. The van der Waals surface area contributed by atoms with Crippen molar-refractivity contribution < 1.29 is 5.21 Å². The summed E-state index contributed by atoms with van der Waals surface area (Å²) in [5, 5.41) is 12.0. The van der Waals surface area contributed by atoms with Crippen LogP contribution in [0.3, 0.4) is 0 Å². The molecule has 1 aromatic rings. The Kier molecular flexibility index (Phi) is 4.72. The average molecular weight is 235 g/mol. The summed E-state index contributed by atoms with van der Waals surface area (Å²) in [6, 6.07) is 10.3. The highest BCUT2D eigenvalue weighted by atomic mass is 16.5. The molecule has 0 aliphatic carbocycles. The molecule has 0 aliphatic heterocycles. The lowest BCUT2D eigenvalue weighted by Crippen LogP contribution is -2.45. The van der Waals surface area contributed by atoms with Gasteiger partial charge in [-0.15, -0.1) is 0 Å². The van der Waals surface area contributed by atoms with Gasteiger partial charge in [-0.2, -0.15) is 5.06 Å². The third kappa shape index (κ3) is 3.30. The fourth-order valence-electron chi connectivity index (χ4n) is 2.00. The number of rotatable bonds is 5. The zero-order valence-corrected chi connectivity index (χ0v) is 11.6. The van der Waals surface area contributed by atoms with Crippen molar-refractivity contribution in [2.24, 2.45) is 5.92 Å². The summed E-state index contributed by atoms with van der Waals surface area (Å²) in [7, 11) is 0. The van der Waals surface area contributed by atoms with Crippen LogP contribution in [0.1, 0.15) is 52.6 Å². The van der Waals surface area contributed by atoms with Crippen molar-refractivity contribution in [1.29, 1.82) is 0 Å². The van der Waals surface area contributed by atoms with Crippen LogP contribution < -0.4 is 0 Å². The molecule has 0 aliphatic rings. The molecule has 17 heavy (non-hydrogen) atoms. The summed E-state index contributed by atoms with van der Waals surface area (Å²) in [6.07, 6.45) is 0.916. The highest BCUT2D eigenvalue weighted by Gasteiger charge is 2.32. The van der Waals surface area contributed by atoms with Crippen molar-refractivity contribution in [3.05, 3.63) is 35.9 Å². The molecule has 0 heterocycles. The Labute approximate surface area is 105 Å². The normalized spacial score (nSPS) is 14.4. The van der Waals surface area contributed by atoms with Crippen LogP contribution in [-0.2, 0) is 0 Å². The van der Waals surface area contributed by atoms with Crippen molar-refractivity contribution in [1.82, 2.24) is 5.06 Å². The van der Waals surface area contributed by atoms with E-state index in [2.05, 4.69) is 46.8 Å². The lowest BCUT2D eigenvalue weighted by Gasteiger charge is -2.40. The number of hydrogen-bond donors (Lipinski definition) is 1. The van der Waals surface area contributed by atoms with Gasteiger partial charge in [0.15, 0.2) is 0 Å². The fraction of sp³-hybridized carbons (Fsp3) is 0.600. The topological polar surface area (TPSA) is 23.5 Å². The highest BCUT2D eigenvalue weighted by Crippen LogP contribution is 2.33. The van der Waals surface area contributed by atoms with E-state index < -0.39 is 0 Å². The summed E-state index contributed by atoms with van der Waals surface area (Å²) < 4.78 is 0. The predicted octanol–water partition coefficient (Wildman–Crippen LogP) is 4.26. The predicted molar refractivity (Wildman–Crippen MR) is 72.0 cm³/mol. The van der Waals surface area contributed by atoms with E-state index in [4.69, 9.17) is 0 Å². The largest absolute Gasteiger partial charge is 0.313 e. The molecule has 1 atom stereocenters. The maximum Gasteiger partial charge on any atom is 0.0628 e. The number of hydrogen-bond acceptors (Lipinski definition) is 2. The third-order valence-electron chi connectivity index (χ3n) is 3.52. The third-order valence-corrected chi connectivity index (χ3v) is 3.52. The van der Waals surface area contributed by atoms with Crippen LogP contribution in [0.2, 0.25) is 0 Å². The van der Waals surface area contributed by atoms with Crippen molar-refractivity contribution in [2.45, 2.75) is 52.6 Å². The fourth-order valence-corrected chi connectivity index (χ4v) is 2.00. The van der Waals surface area contributed by atoms with Crippen LogP contribution >= 0.6 is 0 Å². The van der Waals surface area contributed by atoms with E-state index in [0.29, 0.717) is 5.92 Å². The molecule has 0 amide bonds. The smallest absolute Gasteiger partial charge is 0.0628 e. The molecule has 0 saturated heterocycles. The maximum atomic E-state index is 10.5. The lowest BCUT2D eigenvalue weighted by atomic mass is 9.91. The molecule has 1 aromatic carbocycles. The van der Waals surface area contributed by atoms with Gasteiger partial charge in [0, 0.05) is 5.54 Å². The molecule has 2 heteroatoms. The van der Waals surface area contributed by atoms with Crippen LogP contribution in [0.4, 0.5) is 0 Å². The van der Waals surface area contributed by atoms with E-state index >= 15 is 0 Å². The second-order valence-electron chi connectivity index (χ2n) is 5.61. The maximum absolute atomic E-state index is 10.5. The highest BCUT2D eigenvalue weighted by molar-refractivity contribution is 5.19. The van der Waals surface area contributed by atoms with Gasteiger partial charge in [0.25, 0.3) is 0 Å². The molecule has 0 fully saturated rings. The molecule has 96 valence electrons. The Balaban J connectivity index is 3.03. The first kappa shape index (κ1) is 14.2. The van der Waals surface area contributed by atoms with Crippen molar-refractivity contribution >= 4 is 0 Å². The zero-order valence-electron chi connectivity index (χ0n) is 11.6. The van der Waals surface area contributed by atoms with Gasteiger partial charge in [0.2, 0.25) is 0 Å². The standard InChI is InChI=1S/C15H25NO/c1-6-15(4,5)16(17)14(12(2)3)13-10-8-7-9-11-13/h7-12,14,17H,6H2,1-5H3. The Hall–Kier alpha value is -0.860. The van der Waals surface area contributed by atoms with Crippen LogP contribution in [0, 0.1) is 5.92 Å². The van der Waals surface area contributed by atoms with Crippen LogP contribution in [0.25, 0.3) is 0 Å². The van der Waals surface area contributed by atoms with E-state index in [9.17, 15) is 5.21 Å². The van der Waals surface area contributed by atoms with Crippen LogP contribution in [-0.4, -0.2) is 15.8 Å². The Morgan fingerprint density at radius 1 is 1.18 bits per heavy atom. The summed E-state index contributed by atoms with van der Waals surface area (Å²) in [6.45, 7) is 10.5. The second-order valence-corrected chi connectivity index (χ2v) is 5.61. The number of hydroxylamine groups is 2. The average Bonchev–Trinajstić information content (AvgIpc) is 2.30. The SMILES string of the molecule is CCC(C)(C)N(O)C(c1ccccc1)C(C)C. The van der Waals surface area contributed by atoms with Crippen molar-refractivity contribution in [3.63, 3.8) is 0 Å². The Morgan fingerprint density at radius 3 is 2.12 bits per heavy atom. The van der Waals surface area contributed by atoms with Crippen LogP contribution in [0.5, 0.6) is 0 Å². The van der Waals surface area contributed by atoms with Crippen molar-refractivity contribution in [2.75, 3.05) is 0 Å². The molecular formula is C15H25NO. The van der Waals surface area contributed by atoms with Gasteiger partial charge < -0.3 is 5.21 Å². The van der Waals surface area contributed by atoms with E-state index in [1.807, 2.05) is 18.2 Å². The first-order valence-corrected chi connectivity index (χ1v) is 6.43. The summed E-state index contributed by atoms with van der Waals surface area (Å²) >= 11 is 0. The van der Waals surface area contributed by atoms with E-state index in [1.54, 1.807) is 0 Å². The Morgan fingerprint density at radius 2 is 1.71 bits per heavy atom. The van der Waals surface area contributed by atoms with Gasteiger partial charge in [0.1, 0.15) is 0 Å². The van der Waals surface area contributed by atoms with Gasteiger partial charge in [-0.25, -0.2) is 0 Å². The summed E-state index contributed by atoms with van der Waals surface area (Å²) in [4.78, 5) is 0. The molecule has 0 saturated carbocycles. The second kappa shape index (κ2) is 5.65. The molecule has 0 bridgehead atoms. The summed E-state index contributed by atoms with van der Waals surface area (Å²) in [5.74, 6) is 0.369. The quantitative estimate of drug-likeness (QED) is 0.771. The molecule has 2 nitrogen and oxygen atoms in total. The van der Waals surface area contributed by atoms with Gasteiger partial charge in [-0.05, 0) is 31.7 Å². The number of benzene rings is 1. The first-order chi connectivity index (χ1) is 7.90. The minimum Gasteiger partial charge on any atom is -0.313 e.